The second-order valence-corrected chi connectivity index (χ2v) is 5.79. The van der Waals surface area contributed by atoms with E-state index < -0.39 is 0 Å². The third-order valence-corrected chi connectivity index (χ3v) is 4.03. The van der Waals surface area contributed by atoms with Crippen molar-refractivity contribution in [3.8, 4) is 0 Å². The predicted octanol–water partition coefficient (Wildman–Crippen LogP) is 5.06. The molecule has 3 rings (SSSR count). The van der Waals surface area contributed by atoms with Crippen molar-refractivity contribution in [3.05, 3.63) is 59.3 Å². The largest absolute Gasteiger partial charge is 0.451 e. The second-order valence-electron chi connectivity index (χ2n) is 4.48. The van der Waals surface area contributed by atoms with Crippen molar-refractivity contribution in [1.29, 1.82) is 0 Å². The third-order valence-electron chi connectivity index (χ3n) is 3.05. The van der Waals surface area contributed by atoms with Gasteiger partial charge in [-0.25, -0.2) is 0 Å². The van der Waals surface area contributed by atoms with E-state index in [0.717, 1.165) is 16.0 Å². The van der Waals surface area contributed by atoms with Crippen LogP contribution in [0.2, 0.25) is 5.02 Å². The first-order chi connectivity index (χ1) is 10.2. The Morgan fingerprint density at radius 3 is 2.62 bits per heavy atom. The van der Waals surface area contributed by atoms with E-state index in [1.165, 1.54) is 0 Å². The van der Waals surface area contributed by atoms with Crippen LogP contribution in [0.4, 0.5) is 5.69 Å². The predicted molar refractivity (Wildman–Crippen MR) is 87.4 cm³/mol. The van der Waals surface area contributed by atoms with Crippen molar-refractivity contribution in [2.75, 3.05) is 11.6 Å². The molecule has 0 bridgehead atoms. The monoisotopic (exact) mass is 317 g/mol. The number of hydrogen-bond donors (Lipinski definition) is 1. The molecule has 21 heavy (non-hydrogen) atoms. The van der Waals surface area contributed by atoms with Crippen LogP contribution in [0.15, 0.2) is 57.8 Å². The maximum Gasteiger partial charge on any atom is 0.291 e. The summed E-state index contributed by atoms with van der Waals surface area (Å²) in [7, 11) is 0. The molecule has 0 radical (unpaired) electrons. The van der Waals surface area contributed by atoms with E-state index in [4.69, 9.17) is 16.0 Å². The Kier molecular flexibility index (Phi) is 3.90. The smallest absolute Gasteiger partial charge is 0.291 e. The van der Waals surface area contributed by atoms with Crippen molar-refractivity contribution in [3.63, 3.8) is 0 Å². The van der Waals surface area contributed by atoms with E-state index in [1.807, 2.05) is 30.5 Å². The van der Waals surface area contributed by atoms with E-state index in [1.54, 1.807) is 36.0 Å². The van der Waals surface area contributed by atoms with Crippen LogP contribution in [-0.2, 0) is 0 Å². The third kappa shape index (κ3) is 3.06. The fraction of sp³-hybridized carbons (Fsp3) is 0.0625. The summed E-state index contributed by atoms with van der Waals surface area (Å²) >= 11 is 7.57. The number of halogens is 1. The first-order valence-corrected chi connectivity index (χ1v) is 7.90. The average molecular weight is 318 g/mol. The SMILES string of the molecule is CSc1ccc(NC(=O)c2cc3cc(Cl)ccc3o2)cc1. The normalized spacial score (nSPS) is 10.8. The van der Waals surface area contributed by atoms with Gasteiger partial charge in [-0.15, -0.1) is 11.8 Å². The van der Waals surface area contributed by atoms with Gasteiger partial charge in [0.05, 0.1) is 0 Å². The van der Waals surface area contributed by atoms with Gasteiger partial charge in [-0.05, 0) is 54.8 Å². The molecule has 5 heteroatoms. The lowest BCUT2D eigenvalue weighted by atomic mass is 10.2. The van der Waals surface area contributed by atoms with Crippen LogP contribution in [0, 0.1) is 0 Å². The molecule has 0 atom stereocenters. The summed E-state index contributed by atoms with van der Waals surface area (Å²) in [6.07, 6.45) is 2.01. The molecule has 106 valence electrons. The summed E-state index contributed by atoms with van der Waals surface area (Å²) in [5.41, 5.74) is 1.37. The van der Waals surface area contributed by atoms with Gasteiger partial charge in [0.15, 0.2) is 5.76 Å². The summed E-state index contributed by atoms with van der Waals surface area (Å²) < 4.78 is 5.53. The number of carbonyl (C=O) groups excluding carboxylic acids is 1. The molecule has 2 aromatic carbocycles. The minimum atomic E-state index is -0.278. The molecule has 0 aliphatic rings. The number of benzene rings is 2. The van der Waals surface area contributed by atoms with E-state index in [9.17, 15) is 4.79 Å². The standard InChI is InChI=1S/C16H12ClNO2S/c1-21-13-5-3-12(4-6-13)18-16(19)15-9-10-8-11(17)2-7-14(10)20-15/h2-9H,1H3,(H,18,19). The van der Waals surface area contributed by atoms with Crippen LogP contribution < -0.4 is 5.32 Å². The van der Waals surface area contributed by atoms with Crippen LogP contribution in [0.1, 0.15) is 10.6 Å². The average Bonchev–Trinajstić information content (AvgIpc) is 2.91. The molecule has 0 fully saturated rings. The van der Waals surface area contributed by atoms with Crippen LogP contribution in [0.25, 0.3) is 11.0 Å². The highest BCUT2D eigenvalue weighted by Crippen LogP contribution is 2.24. The molecule has 3 nitrogen and oxygen atoms in total. The van der Waals surface area contributed by atoms with Crippen LogP contribution >= 0.6 is 23.4 Å². The molecule has 1 heterocycles. The van der Waals surface area contributed by atoms with Crippen molar-refractivity contribution in [2.45, 2.75) is 4.90 Å². The van der Waals surface area contributed by atoms with Gasteiger partial charge in [-0.2, -0.15) is 0 Å². The van der Waals surface area contributed by atoms with Crippen molar-refractivity contribution < 1.29 is 9.21 Å². The molecule has 1 amide bonds. The number of carbonyl (C=O) groups is 1. The number of rotatable bonds is 3. The van der Waals surface area contributed by atoms with Gasteiger partial charge in [0.2, 0.25) is 0 Å². The first kappa shape index (κ1) is 14.0. The zero-order chi connectivity index (χ0) is 14.8. The number of furan rings is 1. The molecule has 1 aromatic heterocycles. The Morgan fingerprint density at radius 2 is 1.90 bits per heavy atom. The minimum Gasteiger partial charge on any atom is -0.451 e. The molecule has 1 N–H and O–H groups in total. The van der Waals surface area contributed by atoms with Crippen LogP contribution in [0.5, 0.6) is 0 Å². The highest BCUT2D eigenvalue weighted by Gasteiger charge is 2.12. The summed E-state index contributed by atoms with van der Waals surface area (Å²) in [5.74, 6) is -0.0135. The molecule has 0 saturated carbocycles. The van der Waals surface area contributed by atoms with Crippen LogP contribution in [0.3, 0.4) is 0 Å². The van der Waals surface area contributed by atoms with Crippen LogP contribution in [-0.4, -0.2) is 12.2 Å². The van der Waals surface area contributed by atoms with Crippen molar-refractivity contribution in [1.82, 2.24) is 0 Å². The Morgan fingerprint density at radius 1 is 1.14 bits per heavy atom. The zero-order valence-electron chi connectivity index (χ0n) is 11.2. The number of amides is 1. The Bertz CT molecular complexity index is 796. The number of nitrogens with one attached hydrogen (secondary N) is 1. The van der Waals surface area contributed by atoms with Gasteiger partial charge < -0.3 is 9.73 Å². The lowest BCUT2D eigenvalue weighted by Crippen LogP contribution is -2.10. The maximum absolute atomic E-state index is 12.2. The molecule has 0 spiro atoms. The summed E-state index contributed by atoms with van der Waals surface area (Å²) in [5, 5.41) is 4.23. The van der Waals surface area contributed by atoms with Gasteiger partial charge >= 0.3 is 0 Å². The molecule has 0 aliphatic heterocycles. The molecule has 3 aromatic rings. The van der Waals surface area contributed by atoms with Gasteiger partial charge in [0, 0.05) is 21.0 Å². The van der Waals surface area contributed by atoms with Gasteiger partial charge in [0.25, 0.3) is 5.91 Å². The molecular weight excluding hydrogens is 306 g/mol. The Labute approximate surface area is 131 Å². The molecular formula is C16H12ClNO2S. The lowest BCUT2D eigenvalue weighted by Gasteiger charge is -2.03. The molecule has 0 saturated heterocycles. The van der Waals surface area contributed by atoms with E-state index >= 15 is 0 Å². The highest BCUT2D eigenvalue weighted by molar-refractivity contribution is 7.98. The summed E-state index contributed by atoms with van der Waals surface area (Å²) in [6, 6.07) is 14.6. The zero-order valence-corrected chi connectivity index (χ0v) is 12.8. The fourth-order valence-electron chi connectivity index (χ4n) is 1.99. The number of anilines is 1. The van der Waals surface area contributed by atoms with E-state index in [2.05, 4.69) is 5.32 Å². The quantitative estimate of drug-likeness (QED) is 0.686. The first-order valence-electron chi connectivity index (χ1n) is 6.30. The number of fused-ring (bicyclic) bond motifs is 1. The Balaban J connectivity index is 1.82. The lowest BCUT2D eigenvalue weighted by molar-refractivity contribution is 0.0998. The number of hydrogen-bond acceptors (Lipinski definition) is 3. The fourth-order valence-corrected chi connectivity index (χ4v) is 2.58. The molecule has 0 aliphatic carbocycles. The maximum atomic E-state index is 12.2. The number of thioether (sulfide) groups is 1. The van der Waals surface area contributed by atoms with Crippen molar-refractivity contribution >= 4 is 45.9 Å². The molecule has 0 unspecified atom stereocenters. The van der Waals surface area contributed by atoms with Crippen molar-refractivity contribution in [2.24, 2.45) is 0 Å². The minimum absolute atomic E-state index is 0.265. The summed E-state index contributed by atoms with van der Waals surface area (Å²) in [4.78, 5) is 13.3. The van der Waals surface area contributed by atoms with Gasteiger partial charge in [0.1, 0.15) is 5.58 Å². The van der Waals surface area contributed by atoms with Gasteiger partial charge in [-0.1, -0.05) is 11.6 Å². The summed E-state index contributed by atoms with van der Waals surface area (Å²) in [6.45, 7) is 0. The van der Waals surface area contributed by atoms with E-state index in [0.29, 0.717) is 10.6 Å². The topological polar surface area (TPSA) is 42.2 Å². The van der Waals surface area contributed by atoms with Gasteiger partial charge in [-0.3, -0.25) is 4.79 Å². The highest BCUT2D eigenvalue weighted by atomic mass is 35.5. The Hall–Kier alpha value is -1.91. The second kappa shape index (κ2) is 5.84. The van der Waals surface area contributed by atoms with E-state index in [-0.39, 0.29) is 11.7 Å².